The van der Waals surface area contributed by atoms with Crippen LogP contribution in [0.5, 0.6) is 0 Å². The van der Waals surface area contributed by atoms with E-state index in [1.807, 2.05) is 48.5 Å². The summed E-state index contributed by atoms with van der Waals surface area (Å²) in [7, 11) is 0. The molecule has 2 aromatic carbocycles. The maximum Gasteiger partial charge on any atom is 0.409 e. The largest absolute Gasteiger partial charge is 0.481 e. The Hall–Kier alpha value is -3.56. The lowest BCUT2D eigenvalue weighted by Gasteiger charge is -2.22. The first kappa shape index (κ1) is 24.6. The summed E-state index contributed by atoms with van der Waals surface area (Å²) in [4.78, 5) is 35.5. The second kappa shape index (κ2) is 9.97. The minimum absolute atomic E-state index is 0.108. The Labute approximate surface area is 199 Å². The van der Waals surface area contributed by atoms with Crippen molar-refractivity contribution in [1.29, 1.82) is 0 Å². The highest BCUT2D eigenvalue weighted by molar-refractivity contribution is 5.81. The van der Waals surface area contributed by atoms with Gasteiger partial charge >= 0.3 is 18.2 Å². The average molecular weight is 490 g/mol. The minimum Gasteiger partial charge on any atom is -0.481 e. The van der Waals surface area contributed by atoms with Gasteiger partial charge in [-0.05, 0) is 41.5 Å². The molecule has 1 saturated carbocycles. The maximum atomic E-state index is 13.0. The molecule has 0 heterocycles. The average Bonchev–Trinajstić information content (AvgIpc) is 3.39. The van der Waals surface area contributed by atoms with Crippen LogP contribution in [-0.4, -0.2) is 47.9 Å². The van der Waals surface area contributed by atoms with Crippen molar-refractivity contribution in [3.63, 3.8) is 0 Å². The number of fused-ring (bicyclic) bond motifs is 3. The minimum atomic E-state index is -4.87. The molecule has 0 aliphatic heterocycles. The molecule has 2 aliphatic rings. The van der Waals surface area contributed by atoms with Crippen LogP contribution in [0, 0.1) is 5.92 Å². The summed E-state index contributed by atoms with van der Waals surface area (Å²) in [5, 5.41) is 13.2. The number of ether oxygens (including phenoxy) is 1. The van der Waals surface area contributed by atoms with Gasteiger partial charge in [0.1, 0.15) is 12.6 Å². The lowest BCUT2D eigenvalue weighted by Crippen LogP contribution is -2.48. The SMILES string of the molecule is O=C(O)CC(NC(=O)C1CCC(NC(=O)OCC2c3ccccc3-c3ccccc32)C1)C(F)(F)F. The van der Waals surface area contributed by atoms with Gasteiger partial charge < -0.3 is 20.5 Å². The first-order valence-electron chi connectivity index (χ1n) is 11.3. The number of carbonyl (C=O) groups is 3. The Balaban J connectivity index is 1.29. The number of alkyl carbamates (subject to hydrolysis) is 1. The third-order valence-electron chi connectivity index (χ3n) is 6.56. The fourth-order valence-electron chi connectivity index (χ4n) is 4.87. The summed E-state index contributed by atoms with van der Waals surface area (Å²) >= 11 is 0. The molecule has 3 N–H and O–H groups in total. The number of carboxylic acid groups (broad SMARTS) is 1. The number of hydrogen-bond donors (Lipinski definition) is 3. The molecule has 1 fully saturated rings. The van der Waals surface area contributed by atoms with Crippen LogP contribution in [0.2, 0.25) is 0 Å². The lowest BCUT2D eigenvalue weighted by atomic mass is 9.98. The summed E-state index contributed by atoms with van der Waals surface area (Å²) in [5.74, 6) is -3.39. The van der Waals surface area contributed by atoms with Gasteiger partial charge in [0.2, 0.25) is 5.91 Å². The van der Waals surface area contributed by atoms with Crippen molar-refractivity contribution in [1.82, 2.24) is 10.6 Å². The van der Waals surface area contributed by atoms with E-state index in [0.29, 0.717) is 6.42 Å². The van der Waals surface area contributed by atoms with Crippen molar-refractivity contribution in [2.24, 2.45) is 5.92 Å². The molecule has 2 amide bonds. The Bertz CT molecular complexity index is 1070. The van der Waals surface area contributed by atoms with Crippen LogP contribution in [0.4, 0.5) is 18.0 Å². The topological polar surface area (TPSA) is 105 Å². The van der Waals surface area contributed by atoms with E-state index in [-0.39, 0.29) is 25.4 Å². The lowest BCUT2D eigenvalue weighted by molar-refractivity contribution is -0.170. The zero-order chi connectivity index (χ0) is 25.2. The fourth-order valence-corrected chi connectivity index (χ4v) is 4.87. The summed E-state index contributed by atoms with van der Waals surface area (Å²) in [5.41, 5.74) is 4.34. The zero-order valence-electron chi connectivity index (χ0n) is 18.7. The molecule has 0 radical (unpaired) electrons. The summed E-state index contributed by atoms with van der Waals surface area (Å²) in [6.07, 6.45) is -5.95. The van der Waals surface area contributed by atoms with Crippen molar-refractivity contribution >= 4 is 18.0 Å². The normalized spacial score (nSPS) is 20.0. The molecule has 10 heteroatoms. The third kappa shape index (κ3) is 5.58. The van der Waals surface area contributed by atoms with E-state index in [0.717, 1.165) is 22.3 Å². The number of benzene rings is 2. The van der Waals surface area contributed by atoms with Crippen molar-refractivity contribution in [2.75, 3.05) is 6.61 Å². The monoisotopic (exact) mass is 490 g/mol. The van der Waals surface area contributed by atoms with Crippen LogP contribution < -0.4 is 10.6 Å². The fraction of sp³-hybridized carbons (Fsp3) is 0.400. The van der Waals surface area contributed by atoms with Crippen molar-refractivity contribution < 1.29 is 37.4 Å². The van der Waals surface area contributed by atoms with E-state index in [9.17, 15) is 27.6 Å². The number of carboxylic acids is 1. The molecule has 7 nitrogen and oxygen atoms in total. The number of halogens is 3. The van der Waals surface area contributed by atoms with Crippen LogP contribution in [0.25, 0.3) is 11.1 Å². The van der Waals surface area contributed by atoms with Crippen molar-refractivity contribution in [3.8, 4) is 11.1 Å². The second-order valence-corrected chi connectivity index (χ2v) is 8.88. The van der Waals surface area contributed by atoms with Gasteiger partial charge in [0, 0.05) is 17.9 Å². The van der Waals surface area contributed by atoms with E-state index in [4.69, 9.17) is 9.84 Å². The summed E-state index contributed by atoms with van der Waals surface area (Å²) in [6.45, 7) is 0.124. The molecular weight excluding hydrogens is 465 g/mol. The van der Waals surface area contributed by atoms with Crippen LogP contribution in [-0.2, 0) is 14.3 Å². The molecule has 35 heavy (non-hydrogen) atoms. The molecule has 2 aliphatic carbocycles. The molecule has 0 bridgehead atoms. The molecule has 4 rings (SSSR count). The summed E-state index contributed by atoms with van der Waals surface area (Å²) < 4.78 is 44.6. The second-order valence-electron chi connectivity index (χ2n) is 8.88. The molecule has 0 aromatic heterocycles. The Morgan fingerprint density at radius 1 is 1.00 bits per heavy atom. The van der Waals surface area contributed by atoms with Gasteiger partial charge in [-0.3, -0.25) is 9.59 Å². The smallest absolute Gasteiger partial charge is 0.409 e. The molecule has 2 aromatic rings. The number of rotatable bonds is 7. The van der Waals surface area contributed by atoms with Gasteiger partial charge in [0.05, 0.1) is 6.42 Å². The maximum absolute atomic E-state index is 13.0. The summed E-state index contributed by atoms with van der Waals surface area (Å²) in [6, 6.07) is 12.9. The van der Waals surface area contributed by atoms with E-state index in [1.165, 1.54) is 0 Å². The molecule has 0 saturated heterocycles. The first-order valence-corrected chi connectivity index (χ1v) is 11.3. The standard InChI is InChI=1S/C25H25F3N2O5/c26-25(27,28)21(12-22(31)32)30-23(33)14-9-10-15(11-14)29-24(34)35-13-20-18-7-3-1-5-16(18)17-6-2-4-8-19(17)20/h1-8,14-15,20-21H,9-13H2,(H,29,34)(H,30,33)(H,31,32). The highest BCUT2D eigenvalue weighted by Crippen LogP contribution is 2.44. The number of alkyl halides is 3. The zero-order valence-corrected chi connectivity index (χ0v) is 18.7. The predicted octanol–water partition coefficient (Wildman–Crippen LogP) is 4.22. The number of hydrogen-bond acceptors (Lipinski definition) is 4. The highest BCUT2D eigenvalue weighted by Gasteiger charge is 2.43. The van der Waals surface area contributed by atoms with E-state index in [2.05, 4.69) is 5.32 Å². The number of nitrogens with one attached hydrogen (secondary N) is 2. The van der Waals surface area contributed by atoms with Crippen LogP contribution in [0.15, 0.2) is 48.5 Å². The Kier molecular flexibility index (Phi) is 7.00. The van der Waals surface area contributed by atoms with Gasteiger partial charge in [-0.15, -0.1) is 0 Å². The van der Waals surface area contributed by atoms with Crippen LogP contribution >= 0.6 is 0 Å². The molecule has 3 unspecified atom stereocenters. The van der Waals surface area contributed by atoms with Gasteiger partial charge in [0.25, 0.3) is 0 Å². The first-order chi connectivity index (χ1) is 16.6. The molecule has 3 atom stereocenters. The van der Waals surface area contributed by atoms with E-state index < -0.39 is 48.6 Å². The molecule has 186 valence electrons. The van der Waals surface area contributed by atoms with Crippen LogP contribution in [0.1, 0.15) is 42.7 Å². The van der Waals surface area contributed by atoms with E-state index >= 15 is 0 Å². The van der Waals surface area contributed by atoms with Gasteiger partial charge in [0.15, 0.2) is 0 Å². The quantitative estimate of drug-likeness (QED) is 0.539. The van der Waals surface area contributed by atoms with Crippen molar-refractivity contribution in [2.45, 2.75) is 49.9 Å². The Morgan fingerprint density at radius 2 is 1.60 bits per heavy atom. The highest BCUT2D eigenvalue weighted by atomic mass is 19.4. The number of aliphatic carboxylic acids is 1. The predicted molar refractivity (Wildman–Crippen MR) is 120 cm³/mol. The molecule has 0 spiro atoms. The van der Waals surface area contributed by atoms with Gasteiger partial charge in [-0.25, -0.2) is 4.79 Å². The number of carbonyl (C=O) groups excluding carboxylic acids is 2. The van der Waals surface area contributed by atoms with E-state index in [1.54, 1.807) is 5.32 Å². The number of amides is 2. The van der Waals surface area contributed by atoms with Crippen LogP contribution in [0.3, 0.4) is 0 Å². The van der Waals surface area contributed by atoms with Crippen molar-refractivity contribution in [3.05, 3.63) is 59.7 Å². The molecular formula is C25H25F3N2O5. The Morgan fingerprint density at radius 3 is 2.17 bits per heavy atom. The third-order valence-corrected chi connectivity index (χ3v) is 6.56. The van der Waals surface area contributed by atoms with Gasteiger partial charge in [-0.1, -0.05) is 48.5 Å². The van der Waals surface area contributed by atoms with Gasteiger partial charge in [-0.2, -0.15) is 13.2 Å².